The Morgan fingerprint density at radius 3 is 2.67 bits per heavy atom. The molecule has 0 unspecified atom stereocenters. The van der Waals surface area contributed by atoms with E-state index in [1.807, 2.05) is 6.07 Å². The Morgan fingerprint density at radius 2 is 2.07 bits per heavy atom. The number of hydrogen-bond acceptors (Lipinski definition) is 9. The molecule has 0 aliphatic carbocycles. The molecule has 0 bridgehead atoms. The highest BCUT2D eigenvalue weighted by atomic mass is 35.5. The van der Waals surface area contributed by atoms with Crippen LogP contribution in [0.4, 0.5) is 11.6 Å². The van der Waals surface area contributed by atoms with Gasteiger partial charge in [-0.3, -0.25) is 4.79 Å². The summed E-state index contributed by atoms with van der Waals surface area (Å²) in [6, 6.07) is 5.98. The Morgan fingerprint density at radius 1 is 1.37 bits per heavy atom. The minimum Gasteiger partial charge on any atom is -0.454 e. The van der Waals surface area contributed by atoms with Gasteiger partial charge in [-0.2, -0.15) is 5.26 Å². The van der Waals surface area contributed by atoms with Crippen molar-refractivity contribution >= 4 is 50.4 Å². The largest absolute Gasteiger partial charge is 0.454 e. The number of nitrogens with zero attached hydrogens (tertiary/aromatic N) is 3. The molecule has 3 aromatic rings. The topological polar surface area (TPSA) is 149 Å². The average Bonchev–Trinajstić information content (AvgIpc) is 3.43. The van der Waals surface area contributed by atoms with E-state index >= 15 is 0 Å². The summed E-state index contributed by atoms with van der Waals surface area (Å²) in [5.41, 5.74) is 0.367. The third-order valence-corrected chi connectivity index (χ3v) is 6.58. The minimum absolute atomic E-state index is 0.0126. The van der Waals surface area contributed by atoms with Gasteiger partial charge in [0, 0.05) is 12.1 Å². The van der Waals surface area contributed by atoms with Gasteiger partial charge in [0.1, 0.15) is 26.6 Å². The first kappa shape index (κ1) is 20.2. The quantitative estimate of drug-likeness (QED) is 0.616. The molecule has 0 saturated carbocycles. The number of aromatic nitrogens is 1. The van der Waals surface area contributed by atoms with Crippen LogP contribution in [0.2, 0.25) is 5.02 Å². The van der Waals surface area contributed by atoms with Crippen LogP contribution in [-0.4, -0.2) is 26.3 Å². The van der Waals surface area contributed by atoms with Crippen molar-refractivity contribution in [3.63, 3.8) is 0 Å². The number of carbonyl (C=O) groups excluding carboxylic acids is 1. The fraction of sp³-hybridized carbons (Fsp3) is 0.118. The Bertz CT molecular complexity index is 1320. The number of ether oxygens (including phenoxy) is 2. The molecule has 0 spiro atoms. The van der Waals surface area contributed by atoms with Crippen LogP contribution in [0.15, 0.2) is 33.0 Å². The lowest BCUT2D eigenvalue weighted by molar-refractivity contribution is 0.0995. The van der Waals surface area contributed by atoms with Gasteiger partial charge in [-0.15, -0.1) is 11.3 Å². The molecular formula is C17H11ClN4O6S2. The predicted octanol–water partition coefficient (Wildman–Crippen LogP) is 2.92. The second kappa shape index (κ2) is 7.29. The molecule has 0 atom stereocenters. The number of sulfonamides is 1. The maximum absolute atomic E-state index is 13.5. The predicted molar refractivity (Wildman–Crippen MR) is 106 cm³/mol. The summed E-state index contributed by atoms with van der Waals surface area (Å²) in [6.07, 6.45) is 0. The molecule has 154 valence electrons. The zero-order chi connectivity index (χ0) is 21.6. The van der Waals surface area contributed by atoms with Crippen LogP contribution in [0.5, 0.6) is 11.5 Å². The number of amides is 1. The Labute approximate surface area is 179 Å². The zero-order valence-electron chi connectivity index (χ0n) is 15.1. The molecule has 0 saturated heterocycles. The van der Waals surface area contributed by atoms with Crippen molar-refractivity contribution in [1.29, 1.82) is 5.26 Å². The smallest absolute Gasteiger partial charge is 0.276 e. The summed E-state index contributed by atoms with van der Waals surface area (Å²) < 4.78 is 39.7. The third kappa shape index (κ3) is 3.27. The van der Waals surface area contributed by atoms with Crippen molar-refractivity contribution in [3.05, 3.63) is 44.7 Å². The van der Waals surface area contributed by atoms with Gasteiger partial charge >= 0.3 is 0 Å². The second-order valence-corrected chi connectivity index (χ2v) is 8.85. The summed E-state index contributed by atoms with van der Waals surface area (Å²) in [5, 5.41) is 20.0. The fourth-order valence-electron chi connectivity index (χ4n) is 2.78. The van der Waals surface area contributed by atoms with Crippen LogP contribution in [0.25, 0.3) is 0 Å². The number of aryl methyl sites for hydroxylation is 1. The van der Waals surface area contributed by atoms with Crippen molar-refractivity contribution in [3.8, 4) is 17.6 Å². The number of thiophene rings is 1. The Hall–Kier alpha value is -3.11. The maximum atomic E-state index is 13.5. The number of anilines is 2. The molecule has 2 N–H and O–H groups in total. The number of rotatable bonds is 4. The number of nitriles is 1. The second-order valence-electron chi connectivity index (χ2n) is 6.02. The monoisotopic (exact) mass is 466 g/mol. The highest BCUT2D eigenvalue weighted by Crippen LogP contribution is 2.43. The minimum atomic E-state index is -4.19. The van der Waals surface area contributed by atoms with E-state index in [0.717, 1.165) is 16.2 Å². The molecule has 0 radical (unpaired) electrons. The van der Waals surface area contributed by atoms with E-state index in [4.69, 9.17) is 30.7 Å². The molecule has 3 heterocycles. The maximum Gasteiger partial charge on any atom is 0.276 e. The van der Waals surface area contributed by atoms with Gasteiger partial charge in [0.2, 0.25) is 16.8 Å². The summed E-state index contributed by atoms with van der Waals surface area (Å²) in [4.78, 5) is 13.9. The van der Waals surface area contributed by atoms with Crippen LogP contribution in [0.3, 0.4) is 0 Å². The van der Waals surface area contributed by atoms with Crippen molar-refractivity contribution in [2.45, 2.75) is 11.8 Å². The van der Waals surface area contributed by atoms with Crippen LogP contribution in [0, 0.1) is 18.3 Å². The number of halogens is 1. The molecule has 0 fully saturated rings. The molecule has 1 amide bonds. The lowest BCUT2D eigenvalue weighted by Gasteiger charge is -2.21. The van der Waals surface area contributed by atoms with Gasteiger partial charge < -0.3 is 14.0 Å². The van der Waals surface area contributed by atoms with Gasteiger partial charge in [-0.25, -0.2) is 18.5 Å². The van der Waals surface area contributed by atoms with Crippen molar-refractivity contribution in [2.24, 2.45) is 5.14 Å². The molecule has 1 aromatic carbocycles. The van der Waals surface area contributed by atoms with Gasteiger partial charge in [-0.05, 0) is 18.4 Å². The molecule has 1 aliphatic heterocycles. The van der Waals surface area contributed by atoms with Crippen molar-refractivity contribution in [1.82, 2.24) is 5.16 Å². The molecule has 4 rings (SSSR count). The van der Waals surface area contributed by atoms with Crippen LogP contribution in [-0.2, 0) is 10.0 Å². The number of carbonyl (C=O) groups is 1. The first-order chi connectivity index (χ1) is 14.2. The number of hydrogen-bond donors (Lipinski definition) is 1. The summed E-state index contributed by atoms with van der Waals surface area (Å²) in [7, 11) is -4.19. The lowest BCUT2D eigenvalue weighted by atomic mass is 10.1. The highest BCUT2D eigenvalue weighted by Gasteiger charge is 2.34. The summed E-state index contributed by atoms with van der Waals surface area (Å²) in [5.74, 6) is -0.415. The van der Waals surface area contributed by atoms with E-state index in [2.05, 4.69) is 5.16 Å². The van der Waals surface area contributed by atoms with Gasteiger partial charge in [0.25, 0.3) is 11.8 Å². The van der Waals surface area contributed by atoms with Gasteiger partial charge in [-0.1, -0.05) is 16.8 Å². The number of benzene rings is 1. The summed E-state index contributed by atoms with van der Waals surface area (Å²) in [6.45, 7) is 1.50. The van der Waals surface area contributed by atoms with E-state index in [1.54, 1.807) is 6.92 Å². The molecule has 13 heteroatoms. The summed E-state index contributed by atoms with van der Waals surface area (Å²) >= 11 is 7.13. The molecular weight excluding hydrogens is 456 g/mol. The van der Waals surface area contributed by atoms with E-state index in [0.29, 0.717) is 11.4 Å². The van der Waals surface area contributed by atoms with Crippen molar-refractivity contribution < 1.29 is 27.2 Å². The van der Waals surface area contributed by atoms with Crippen LogP contribution < -0.4 is 19.5 Å². The van der Waals surface area contributed by atoms with Gasteiger partial charge in [0.05, 0.1) is 11.3 Å². The zero-order valence-corrected chi connectivity index (χ0v) is 17.5. The van der Waals surface area contributed by atoms with E-state index < -0.39 is 15.9 Å². The fourth-order valence-corrected chi connectivity index (χ4v) is 4.83. The standard InChI is InChI=1S/C17H11ClN4O6S2/c1-8-14(18)17(28-21-8)22(16(23)15-13(2-3-29-15)30(20,24)25)10-5-12-11(26-7-27-12)4-9(10)6-19/h2-5H,7H2,1H3,(H2,20,24,25). The van der Waals surface area contributed by atoms with E-state index in [9.17, 15) is 18.5 Å². The molecule has 1 aliphatic rings. The van der Waals surface area contributed by atoms with E-state index in [1.165, 1.54) is 23.6 Å². The van der Waals surface area contributed by atoms with Crippen molar-refractivity contribution in [2.75, 3.05) is 11.7 Å². The average molecular weight is 467 g/mol. The van der Waals surface area contributed by atoms with Crippen LogP contribution in [0.1, 0.15) is 20.9 Å². The molecule has 30 heavy (non-hydrogen) atoms. The Balaban J connectivity index is 1.96. The lowest BCUT2D eigenvalue weighted by Crippen LogP contribution is -2.28. The SMILES string of the molecule is Cc1noc(N(C(=O)c2sccc2S(N)(=O)=O)c2cc3c(cc2C#N)OCO3)c1Cl. The van der Waals surface area contributed by atoms with E-state index in [-0.39, 0.29) is 44.5 Å². The normalized spacial score (nSPS) is 12.6. The highest BCUT2D eigenvalue weighted by molar-refractivity contribution is 7.89. The molecule has 10 nitrogen and oxygen atoms in total. The first-order valence-electron chi connectivity index (χ1n) is 8.12. The van der Waals surface area contributed by atoms with Crippen LogP contribution >= 0.6 is 22.9 Å². The third-order valence-electron chi connectivity index (χ3n) is 4.16. The number of fused-ring (bicyclic) bond motifs is 1. The Kier molecular flexibility index (Phi) is 4.91. The molecule has 2 aromatic heterocycles. The first-order valence-corrected chi connectivity index (χ1v) is 10.9. The van der Waals surface area contributed by atoms with Gasteiger partial charge in [0.15, 0.2) is 11.5 Å². The number of nitrogens with two attached hydrogens (primary N) is 1. The number of primary sulfonamides is 1.